The summed E-state index contributed by atoms with van der Waals surface area (Å²) in [6.45, 7) is 3.63. The van der Waals surface area contributed by atoms with E-state index in [9.17, 15) is 5.11 Å². The predicted molar refractivity (Wildman–Crippen MR) is 110 cm³/mol. The number of hydrogen-bond donors (Lipinski definition) is 2. The van der Waals surface area contributed by atoms with E-state index in [4.69, 9.17) is 5.11 Å². The van der Waals surface area contributed by atoms with Gasteiger partial charge in [0.15, 0.2) is 0 Å². The van der Waals surface area contributed by atoms with Crippen LogP contribution in [0.2, 0.25) is 0 Å². The second kappa shape index (κ2) is 10.4. The van der Waals surface area contributed by atoms with Gasteiger partial charge >= 0.3 is 0 Å². The summed E-state index contributed by atoms with van der Waals surface area (Å²) in [6.07, 6.45) is 1.83. The summed E-state index contributed by atoms with van der Waals surface area (Å²) in [4.78, 5) is 0. The quantitative estimate of drug-likeness (QED) is 0.428. The van der Waals surface area contributed by atoms with Gasteiger partial charge in [-0.2, -0.15) is 0 Å². The minimum absolute atomic E-state index is 0.322. The Balaban J connectivity index is 0.000000145. The molecule has 0 atom stereocenters. The first kappa shape index (κ1) is 18.8. The predicted octanol–water partition coefficient (Wildman–Crippen LogP) is 6.27. The summed E-state index contributed by atoms with van der Waals surface area (Å²) >= 11 is 0. The first-order valence-corrected chi connectivity index (χ1v) is 8.29. The number of aromatic hydroxyl groups is 2. The number of para-hydroxylation sites is 1. The van der Waals surface area contributed by atoms with Gasteiger partial charge in [-0.15, -0.1) is 0 Å². The zero-order valence-corrected chi connectivity index (χ0v) is 14.5. The fourth-order valence-corrected chi connectivity index (χ4v) is 2.23. The van der Waals surface area contributed by atoms with Crippen LogP contribution >= 0.6 is 0 Å². The van der Waals surface area contributed by atoms with Gasteiger partial charge in [0.05, 0.1) is 0 Å². The average molecular weight is 342 g/mol. The minimum atomic E-state index is 0.322. The highest BCUT2D eigenvalue weighted by atomic mass is 16.3. The molecule has 0 saturated carbocycles. The van der Waals surface area contributed by atoms with Gasteiger partial charge in [-0.05, 0) is 29.1 Å². The van der Waals surface area contributed by atoms with Gasteiger partial charge in [0.1, 0.15) is 11.5 Å². The third kappa shape index (κ3) is 6.17. The lowest BCUT2D eigenvalue weighted by Crippen LogP contribution is -1.70. The van der Waals surface area contributed by atoms with Crippen LogP contribution in [0, 0.1) is 0 Å². The Morgan fingerprint density at radius 2 is 1.12 bits per heavy atom. The fraction of sp³-hybridized carbons (Fsp3) is 0. The van der Waals surface area contributed by atoms with E-state index >= 15 is 0 Å². The molecule has 0 bridgehead atoms. The lowest BCUT2D eigenvalue weighted by atomic mass is 10.1. The molecule has 0 saturated heterocycles. The molecule has 0 amide bonds. The second-order valence-corrected chi connectivity index (χ2v) is 5.45. The van der Waals surface area contributed by atoms with Crippen LogP contribution in [0.5, 0.6) is 11.5 Å². The van der Waals surface area contributed by atoms with E-state index in [1.165, 1.54) is 5.56 Å². The van der Waals surface area contributed by atoms with Crippen LogP contribution in [-0.4, -0.2) is 10.2 Å². The summed E-state index contributed by atoms with van der Waals surface area (Å²) in [5, 5.41) is 20.0. The van der Waals surface area contributed by atoms with Crippen molar-refractivity contribution in [2.45, 2.75) is 0 Å². The van der Waals surface area contributed by atoms with Crippen LogP contribution in [0.3, 0.4) is 0 Å². The van der Waals surface area contributed by atoms with Gasteiger partial charge in [-0.3, -0.25) is 0 Å². The maximum absolute atomic E-state index is 9.37. The van der Waals surface area contributed by atoms with Crippen molar-refractivity contribution in [3.05, 3.63) is 115 Å². The molecule has 0 radical (unpaired) electrons. The van der Waals surface area contributed by atoms with Crippen LogP contribution in [-0.2, 0) is 0 Å². The lowest BCUT2D eigenvalue weighted by Gasteiger charge is -1.97. The first-order valence-electron chi connectivity index (χ1n) is 8.29. The van der Waals surface area contributed by atoms with Crippen molar-refractivity contribution in [3.8, 4) is 11.5 Å². The fourth-order valence-electron chi connectivity index (χ4n) is 2.23. The van der Waals surface area contributed by atoms with Crippen molar-refractivity contribution in [3.63, 3.8) is 0 Å². The van der Waals surface area contributed by atoms with E-state index in [0.717, 1.165) is 10.8 Å². The highest BCUT2D eigenvalue weighted by molar-refractivity contribution is 5.87. The van der Waals surface area contributed by atoms with Gasteiger partial charge in [0, 0.05) is 5.39 Å². The number of benzene rings is 4. The molecule has 0 aromatic heterocycles. The standard InChI is InChI=1S/C10H8O.C8H8.C6H6O/c11-10-7-3-5-8-4-1-2-6-9(8)10;1-2-8-6-4-3-5-7-8;7-6-4-2-1-3-5-6/h1-7,11H;2-7H,1H2;1-5,7H. The second-order valence-electron chi connectivity index (χ2n) is 5.45. The number of fused-ring (bicyclic) bond motifs is 1. The van der Waals surface area contributed by atoms with E-state index in [-0.39, 0.29) is 0 Å². The Bertz CT molecular complexity index is 911. The monoisotopic (exact) mass is 342 g/mol. The van der Waals surface area contributed by atoms with Crippen molar-refractivity contribution in [2.75, 3.05) is 0 Å². The zero-order valence-electron chi connectivity index (χ0n) is 14.5. The van der Waals surface area contributed by atoms with Crippen molar-refractivity contribution in [2.24, 2.45) is 0 Å². The smallest absolute Gasteiger partial charge is 0.123 e. The van der Waals surface area contributed by atoms with E-state index < -0.39 is 0 Å². The van der Waals surface area contributed by atoms with Crippen LogP contribution in [0.1, 0.15) is 5.56 Å². The molecule has 0 unspecified atom stereocenters. The Morgan fingerprint density at radius 1 is 0.577 bits per heavy atom. The van der Waals surface area contributed by atoms with E-state index in [0.29, 0.717) is 11.5 Å². The molecule has 2 nitrogen and oxygen atoms in total. The third-order valence-electron chi connectivity index (χ3n) is 3.56. The average Bonchev–Trinajstić information content (AvgIpc) is 2.71. The van der Waals surface area contributed by atoms with Gasteiger partial charge in [-0.25, -0.2) is 0 Å². The van der Waals surface area contributed by atoms with Gasteiger partial charge in [0.2, 0.25) is 0 Å². The van der Waals surface area contributed by atoms with Crippen molar-refractivity contribution in [1.29, 1.82) is 0 Å². The van der Waals surface area contributed by atoms with E-state index in [1.807, 2.05) is 78.9 Å². The van der Waals surface area contributed by atoms with Crippen LogP contribution < -0.4 is 0 Å². The molecule has 0 heterocycles. The molecular formula is C24H22O2. The minimum Gasteiger partial charge on any atom is -0.508 e. The normalized spacial score (nSPS) is 9.23. The molecular weight excluding hydrogens is 320 g/mol. The van der Waals surface area contributed by atoms with Gasteiger partial charge < -0.3 is 10.2 Å². The van der Waals surface area contributed by atoms with Crippen LogP contribution in [0.15, 0.2) is 110 Å². The number of phenols is 2. The van der Waals surface area contributed by atoms with Crippen molar-refractivity contribution < 1.29 is 10.2 Å². The molecule has 0 aliphatic rings. The Morgan fingerprint density at radius 3 is 1.62 bits per heavy atom. The summed E-state index contributed by atoms with van der Waals surface area (Å²) < 4.78 is 0. The number of phenolic OH excluding ortho intramolecular Hbond substituents is 2. The Kier molecular flexibility index (Phi) is 7.50. The van der Waals surface area contributed by atoms with Gasteiger partial charge in [0.25, 0.3) is 0 Å². The number of hydrogen-bond acceptors (Lipinski definition) is 2. The first-order chi connectivity index (χ1) is 12.7. The third-order valence-corrected chi connectivity index (χ3v) is 3.56. The van der Waals surface area contributed by atoms with Crippen LogP contribution in [0.25, 0.3) is 16.8 Å². The zero-order chi connectivity index (χ0) is 18.6. The molecule has 0 aliphatic heterocycles. The summed E-state index contributed by atoms with van der Waals surface area (Å²) in [5.74, 6) is 0.672. The van der Waals surface area contributed by atoms with E-state index in [1.54, 1.807) is 30.3 Å². The van der Waals surface area contributed by atoms with E-state index in [2.05, 4.69) is 6.58 Å². The molecule has 0 spiro atoms. The van der Waals surface area contributed by atoms with Crippen molar-refractivity contribution >= 4 is 16.8 Å². The molecule has 130 valence electrons. The topological polar surface area (TPSA) is 40.5 Å². The Hall–Kier alpha value is -3.52. The molecule has 0 aliphatic carbocycles. The molecule has 2 N–H and O–H groups in total. The molecule has 4 rings (SSSR count). The highest BCUT2D eigenvalue weighted by Gasteiger charge is 1.94. The van der Waals surface area contributed by atoms with Crippen molar-refractivity contribution in [1.82, 2.24) is 0 Å². The highest BCUT2D eigenvalue weighted by Crippen LogP contribution is 2.22. The van der Waals surface area contributed by atoms with Crippen LogP contribution in [0.4, 0.5) is 0 Å². The SMILES string of the molecule is C=Cc1ccccc1.Oc1cccc2ccccc12.Oc1ccccc1. The molecule has 4 aromatic rings. The maximum atomic E-state index is 9.37. The molecule has 2 heteroatoms. The Labute approximate surface area is 154 Å². The maximum Gasteiger partial charge on any atom is 0.123 e. The largest absolute Gasteiger partial charge is 0.508 e. The van der Waals surface area contributed by atoms with Gasteiger partial charge in [-0.1, -0.05) is 97.6 Å². The molecule has 0 fully saturated rings. The summed E-state index contributed by atoms with van der Waals surface area (Å²) in [6, 6.07) is 32.0. The number of rotatable bonds is 1. The lowest BCUT2D eigenvalue weighted by molar-refractivity contribution is 0.475. The molecule has 4 aromatic carbocycles. The summed E-state index contributed by atoms with van der Waals surface area (Å²) in [5.41, 5.74) is 1.17. The molecule has 26 heavy (non-hydrogen) atoms. The summed E-state index contributed by atoms with van der Waals surface area (Å²) in [7, 11) is 0.